The van der Waals surface area contributed by atoms with Crippen molar-refractivity contribution >= 4 is 6.09 Å². The van der Waals surface area contributed by atoms with Crippen LogP contribution in [0.15, 0.2) is 12.2 Å². The van der Waals surface area contributed by atoms with Crippen molar-refractivity contribution in [2.45, 2.75) is 115 Å². The van der Waals surface area contributed by atoms with Crippen molar-refractivity contribution in [1.82, 2.24) is 5.32 Å². The predicted octanol–water partition coefficient (Wildman–Crippen LogP) is 4.45. The van der Waals surface area contributed by atoms with Gasteiger partial charge in [-0.25, -0.2) is 4.79 Å². The lowest BCUT2D eigenvalue weighted by Gasteiger charge is -2.24. The molecule has 0 aromatic heterocycles. The lowest BCUT2D eigenvalue weighted by Crippen LogP contribution is -2.47. The molecule has 182 valence electrons. The van der Waals surface area contributed by atoms with Gasteiger partial charge in [-0.15, -0.1) is 0 Å². The molecule has 1 saturated heterocycles. The number of amides is 1. The van der Waals surface area contributed by atoms with Gasteiger partial charge in [0.25, 0.3) is 0 Å². The van der Waals surface area contributed by atoms with Crippen LogP contribution in [0.3, 0.4) is 0 Å². The molecule has 1 aliphatic rings. The molecule has 0 bridgehead atoms. The Hall–Kier alpha value is -1.15. The zero-order valence-corrected chi connectivity index (χ0v) is 19.8. The van der Waals surface area contributed by atoms with Gasteiger partial charge in [0.1, 0.15) is 5.60 Å². The first-order valence-electron chi connectivity index (χ1n) is 12.0. The Bertz CT molecular complexity index is 485. The number of carbonyl (C=O) groups excluding carboxylic acids is 1. The second kappa shape index (κ2) is 16.5. The van der Waals surface area contributed by atoms with E-state index in [1.54, 1.807) is 26.8 Å². The highest BCUT2D eigenvalue weighted by Crippen LogP contribution is 2.15. The van der Waals surface area contributed by atoms with Crippen LogP contribution in [-0.2, 0) is 14.2 Å². The minimum atomic E-state index is -0.946. The summed E-state index contributed by atoms with van der Waals surface area (Å²) >= 11 is 0. The highest BCUT2D eigenvalue weighted by molar-refractivity contribution is 5.68. The minimum Gasteiger partial charge on any atom is -0.444 e. The third-order valence-electron chi connectivity index (χ3n) is 5.10. The van der Waals surface area contributed by atoms with E-state index in [4.69, 9.17) is 14.2 Å². The third kappa shape index (κ3) is 15.3. The van der Waals surface area contributed by atoms with Crippen LogP contribution in [0, 0.1) is 0 Å². The van der Waals surface area contributed by atoms with E-state index in [2.05, 4.69) is 5.32 Å². The van der Waals surface area contributed by atoms with Gasteiger partial charge in [0, 0.05) is 13.2 Å². The van der Waals surface area contributed by atoms with Gasteiger partial charge in [-0.05, 0) is 59.3 Å². The summed E-state index contributed by atoms with van der Waals surface area (Å²) in [4.78, 5) is 11.8. The maximum Gasteiger partial charge on any atom is 0.408 e. The van der Waals surface area contributed by atoms with Gasteiger partial charge >= 0.3 is 6.09 Å². The van der Waals surface area contributed by atoms with Crippen molar-refractivity contribution in [3.8, 4) is 0 Å². The summed E-state index contributed by atoms with van der Waals surface area (Å²) in [5.41, 5.74) is -0.622. The summed E-state index contributed by atoms with van der Waals surface area (Å²) in [5.74, 6) is 0. The number of ether oxygens (including phenoxy) is 3. The molecule has 1 aliphatic heterocycles. The average molecular weight is 444 g/mol. The molecule has 0 aromatic carbocycles. The van der Waals surface area contributed by atoms with E-state index >= 15 is 0 Å². The summed E-state index contributed by atoms with van der Waals surface area (Å²) in [5, 5.41) is 22.1. The van der Waals surface area contributed by atoms with Crippen molar-refractivity contribution in [3.05, 3.63) is 12.2 Å². The van der Waals surface area contributed by atoms with E-state index < -0.39 is 23.8 Å². The topological polar surface area (TPSA) is 97.3 Å². The second-order valence-electron chi connectivity index (χ2n) is 9.28. The molecule has 0 radical (unpaired) electrons. The number of rotatable bonds is 15. The summed E-state index contributed by atoms with van der Waals surface area (Å²) in [7, 11) is 0. The van der Waals surface area contributed by atoms with E-state index in [-0.39, 0.29) is 12.9 Å². The first-order chi connectivity index (χ1) is 14.8. The molecule has 1 amide bonds. The third-order valence-corrected chi connectivity index (χ3v) is 5.10. The number of unbranched alkanes of at least 4 members (excludes halogenated alkanes) is 7. The van der Waals surface area contributed by atoms with Gasteiger partial charge in [-0.2, -0.15) is 0 Å². The van der Waals surface area contributed by atoms with Gasteiger partial charge in [0.05, 0.1) is 18.8 Å². The molecular formula is C24H45NO6. The Labute approximate surface area is 188 Å². The number of alkyl carbamates (subject to hydrolysis) is 1. The maximum absolute atomic E-state index is 11.8. The number of nitrogens with one attached hydrogen (secondary N) is 1. The Morgan fingerprint density at radius 1 is 1.13 bits per heavy atom. The molecule has 1 heterocycles. The van der Waals surface area contributed by atoms with E-state index in [1.165, 1.54) is 32.1 Å². The fourth-order valence-corrected chi connectivity index (χ4v) is 3.37. The predicted molar refractivity (Wildman–Crippen MR) is 122 cm³/mol. The maximum atomic E-state index is 11.8. The van der Waals surface area contributed by atoms with Crippen LogP contribution in [-0.4, -0.2) is 60.2 Å². The monoisotopic (exact) mass is 443 g/mol. The van der Waals surface area contributed by atoms with E-state index in [0.29, 0.717) is 0 Å². The number of carbonyl (C=O) groups is 1. The molecule has 31 heavy (non-hydrogen) atoms. The van der Waals surface area contributed by atoms with E-state index in [9.17, 15) is 15.0 Å². The van der Waals surface area contributed by atoms with Crippen molar-refractivity contribution in [3.63, 3.8) is 0 Å². The SMILES string of the molecule is CC(C)(C)OC(=O)N[C@@H](CO)[C@H](O)/C=C/CCCCCCCCCOC1CCCCO1. The lowest BCUT2D eigenvalue weighted by molar-refractivity contribution is -0.162. The van der Waals surface area contributed by atoms with Crippen molar-refractivity contribution < 1.29 is 29.2 Å². The molecule has 0 spiro atoms. The summed E-state index contributed by atoms with van der Waals surface area (Å²) in [6.07, 6.45) is 14.5. The molecule has 0 aliphatic carbocycles. The smallest absolute Gasteiger partial charge is 0.408 e. The Balaban J connectivity index is 1.98. The molecule has 3 atom stereocenters. The molecule has 1 fully saturated rings. The van der Waals surface area contributed by atoms with Gasteiger partial charge in [0.2, 0.25) is 0 Å². The molecular weight excluding hydrogens is 398 g/mol. The summed E-state index contributed by atoms with van der Waals surface area (Å²) < 4.78 is 16.5. The Kier molecular flexibility index (Phi) is 14.8. The van der Waals surface area contributed by atoms with Gasteiger partial charge < -0.3 is 29.7 Å². The molecule has 7 nitrogen and oxygen atoms in total. The number of hydrogen-bond donors (Lipinski definition) is 3. The van der Waals surface area contributed by atoms with Gasteiger partial charge in [-0.1, -0.05) is 44.3 Å². The number of allylic oxidation sites excluding steroid dienone is 1. The van der Waals surface area contributed by atoms with E-state index in [1.807, 2.05) is 6.08 Å². The van der Waals surface area contributed by atoms with Gasteiger partial charge in [0.15, 0.2) is 6.29 Å². The van der Waals surface area contributed by atoms with Crippen LogP contribution < -0.4 is 5.32 Å². The highest BCUT2D eigenvalue weighted by atomic mass is 16.7. The Morgan fingerprint density at radius 2 is 1.81 bits per heavy atom. The average Bonchev–Trinajstić information content (AvgIpc) is 2.72. The van der Waals surface area contributed by atoms with Crippen LogP contribution >= 0.6 is 0 Å². The number of hydrogen-bond acceptors (Lipinski definition) is 6. The van der Waals surface area contributed by atoms with Crippen LogP contribution in [0.5, 0.6) is 0 Å². The van der Waals surface area contributed by atoms with Gasteiger partial charge in [-0.3, -0.25) is 0 Å². The standard InChI is InChI=1S/C24H45NO6/c1-24(2,3)31-23(28)25-20(19-26)21(27)15-11-9-7-5-4-6-8-10-13-17-29-22-16-12-14-18-30-22/h11,15,20-22,26-27H,4-10,12-14,16-19H2,1-3H3,(H,25,28)/b15-11+/t20-,21+,22?/m0/s1. The van der Waals surface area contributed by atoms with Crippen LogP contribution in [0.25, 0.3) is 0 Å². The van der Waals surface area contributed by atoms with Crippen molar-refractivity contribution in [1.29, 1.82) is 0 Å². The zero-order chi connectivity index (χ0) is 23.0. The fourth-order valence-electron chi connectivity index (χ4n) is 3.37. The minimum absolute atomic E-state index is 0.0288. The molecule has 1 rings (SSSR count). The first kappa shape index (κ1) is 27.9. The lowest BCUT2D eigenvalue weighted by atomic mass is 10.1. The summed E-state index contributed by atoms with van der Waals surface area (Å²) in [6.45, 7) is 6.57. The zero-order valence-electron chi connectivity index (χ0n) is 19.8. The molecule has 0 saturated carbocycles. The Morgan fingerprint density at radius 3 is 2.42 bits per heavy atom. The van der Waals surface area contributed by atoms with Crippen molar-refractivity contribution in [2.75, 3.05) is 19.8 Å². The van der Waals surface area contributed by atoms with E-state index in [0.717, 1.165) is 51.7 Å². The number of aliphatic hydroxyl groups excluding tert-OH is 2. The fraction of sp³-hybridized carbons (Fsp3) is 0.875. The van der Waals surface area contributed by atoms with Crippen LogP contribution in [0.1, 0.15) is 91.4 Å². The number of aliphatic hydroxyl groups is 2. The molecule has 0 aromatic rings. The molecule has 3 N–H and O–H groups in total. The quantitative estimate of drug-likeness (QED) is 0.255. The normalized spacial score (nSPS) is 19.3. The molecule has 7 heteroatoms. The molecule has 1 unspecified atom stereocenters. The van der Waals surface area contributed by atoms with Crippen molar-refractivity contribution in [2.24, 2.45) is 0 Å². The highest BCUT2D eigenvalue weighted by Gasteiger charge is 2.22. The summed E-state index contributed by atoms with van der Waals surface area (Å²) in [6, 6.07) is -0.778. The first-order valence-corrected chi connectivity index (χ1v) is 12.0. The van der Waals surface area contributed by atoms with Crippen LogP contribution in [0.4, 0.5) is 4.79 Å². The largest absolute Gasteiger partial charge is 0.444 e. The second-order valence-corrected chi connectivity index (χ2v) is 9.28. The van der Waals surface area contributed by atoms with Crippen LogP contribution in [0.2, 0.25) is 0 Å².